The van der Waals surface area contributed by atoms with Gasteiger partial charge in [-0.3, -0.25) is 0 Å². The summed E-state index contributed by atoms with van der Waals surface area (Å²) < 4.78 is 8.82. The topological polar surface area (TPSA) is 51.8 Å². The summed E-state index contributed by atoms with van der Waals surface area (Å²) in [6, 6.07) is 56.8. The Kier molecular flexibility index (Phi) is 6.64. The number of rotatable bonds is 5. The summed E-state index contributed by atoms with van der Waals surface area (Å²) in [4.78, 5) is 15.4. The molecule has 0 unspecified atom stereocenters. The molecule has 4 nitrogen and oxygen atoms in total. The number of aromatic nitrogens is 3. The Morgan fingerprint density at radius 3 is 1.82 bits per heavy atom. The van der Waals surface area contributed by atoms with Gasteiger partial charge in [0.15, 0.2) is 17.5 Å². The molecule has 5 heteroatoms. The first-order chi connectivity index (χ1) is 24.8. The van der Waals surface area contributed by atoms with E-state index in [1.807, 2.05) is 47.7 Å². The van der Waals surface area contributed by atoms with Gasteiger partial charge < -0.3 is 4.42 Å². The van der Waals surface area contributed by atoms with E-state index in [4.69, 9.17) is 19.4 Å². The Hall–Kier alpha value is -6.43. The van der Waals surface area contributed by atoms with Crippen molar-refractivity contribution in [1.82, 2.24) is 15.0 Å². The van der Waals surface area contributed by atoms with Crippen molar-refractivity contribution in [3.8, 4) is 56.4 Å². The molecule has 0 radical (unpaired) electrons. The van der Waals surface area contributed by atoms with Crippen molar-refractivity contribution in [3.05, 3.63) is 164 Å². The normalized spacial score (nSPS) is 11.6. The van der Waals surface area contributed by atoms with E-state index in [-0.39, 0.29) is 0 Å². The second-order valence-corrected chi connectivity index (χ2v) is 13.5. The average molecular weight is 658 g/mol. The van der Waals surface area contributed by atoms with E-state index in [2.05, 4.69) is 127 Å². The maximum Gasteiger partial charge on any atom is 0.164 e. The van der Waals surface area contributed by atoms with Crippen LogP contribution in [0.25, 0.3) is 98.5 Å². The average Bonchev–Trinajstić information content (AvgIpc) is 3.77. The summed E-state index contributed by atoms with van der Waals surface area (Å²) in [7, 11) is 0. The minimum atomic E-state index is 0.602. The van der Waals surface area contributed by atoms with E-state index in [9.17, 15) is 0 Å². The fourth-order valence-corrected chi connectivity index (χ4v) is 8.13. The summed E-state index contributed by atoms with van der Waals surface area (Å²) >= 11 is 1.83. The third-order valence-corrected chi connectivity index (χ3v) is 10.5. The van der Waals surface area contributed by atoms with Crippen molar-refractivity contribution in [3.63, 3.8) is 0 Å². The maximum absolute atomic E-state index is 6.25. The molecule has 0 amide bonds. The molecule has 50 heavy (non-hydrogen) atoms. The van der Waals surface area contributed by atoms with Gasteiger partial charge in [-0.15, -0.1) is 11.3 Å². The number of benzene rings is 7. The summed E-state index contributed by atoms with van der Waals surface area (Å²) in [5.74, 6) is 1.84. The van der Waals surface area contributed by atoms with Crippen LogP contribution in [0.3, 0.4) is 0 Å². The molecule has 0 aliphatic heterocycles. The molecule has 0 saturated carbocycles. The van der Waals surface area contributed by atoms with Crippen molar-refractivity contribution < 1.29 is 4.42 Å². The number of hydrogen-bond acceptors (Lipinski definition) is 5. The highest BCUT2D eigenvalue weighted by Crippen LogP contribution is 2.41. The minimum absolute atomic E-state index is 0.602. The SMILES string of the molecule is c1ccc(-c2ccc(-c3nc(-c4cccc(-c5cccc6sc7ccccc7c56)c4)nc(-c4cccc5oc6ccccc6c45)n3)cc2)cc1. The van der Waals surface area contributed by atoms with Crippen LogP contribution in [0.2, 0.25) is 0 Å². The molecule has 0 aliphatic rings. The molecule has 234 valence electrons. The quantitative estimate of drug-likeness (QED) is 0.185. The first-order valence-corrected chi connectivity index (χ1v) is 17.4. The molecule has 0 bridgehead atoms. The van der Waals surface area contributed by atoms with E-state index < -0.39 is 0 Å². The summed E-state index contributed by atoms with van der Waals surface area (Å²) in [6.07, 6.45) is 0. The monoisotopic (exact) mass is 657 g/mol. The van der Waals surface area contributed by atoms with Gasteiger partial charge >= 0.3 is 0 Å². The minimum Gasteiger partial charge on any atom is -0.456 e. The molecule has 0 N–H and O–H groups in total. The van der Waals surface area contributed by atoms with Crippen molar-refractivity contribution in [2.24, 2.45) is 0 Å². The highest BCUT2D eigenvalue weighted by molar-refractivity contribution is 7.25. The van der Waals surface area contributed by atoms with Crippen molar-refractivity contribution >= 4 is 53.4 Å². The molecule has 0 spiro atoms. The number of nitrogens with zero attached hydrogens (tertiary/aromatic N) is 3. The lowest BCUT2D eigenvalue weighted by Crippen LogP contribution is -2.00. The van der Waals surface area contributed by atoms with E-state index in [1.54, 1.807) is 0 Å². The first kappa shape index (κ1) is 28.6. The Balaban J connectivity index is 1.17. The lowest BCUT2D eigenvalue weighted by Gasteiger charge is -2.11. The van der Waals surface area contributed by atoms with Crippen molar-refractivity contribution in [2.45, 2.75) is 0 Å². The second kappa shape index (κ2) is 11.6. The van der Waals surface area contributed by atoms with Crippen LogP contribution < -0.4 is 0 Å². The highest BCUT2D eigenvalue weighted by atomic mass is 32.1. The molecule has 10 rings (SSSR count). The second-order valence-electron chi connectivity index (χ2n) is 12.4. The van der Waals surface area contributed by atoms with E-state index in [1.165, 1.54) is 31.3 Å². The first-order valence-electron chi connectivity index (χ1n) is 16.6. The van der Waals surface area contributed by atoms with Gasteiger partial charge in [0.2, 0.25) is 0 Å². The number of fused-ring (bicyclic) bond motifs is 6. The predicted octanol–water partition coefficient (Wildman–Crippen LogP) is 12.5. The van der Waals surface area contributed by atoms with Gasteiger partial charge in [-0.05, 0) is 52.6 Å². The number of thiophene rings is 1. The van der Waals surface area contributed by atoms with Gasteiger partial charge in [0.1, 0.15) is 11.2 Å². The van der Waals surface area contributed by atoms with Crippen LogP contribution >= 0.6 is 11.3 Å². The maximum atomic E-state index is 6.25. The highest BCUT2D eigenvalue weighted by Gasteiger charge is 2.19. The molecule has 0 atom stereocenters. The van der Waals surface area contributed by atoms with Crippen LogP contribution in [0.15, 0.2) is 168 Å². The molecular weight excluding hydrogens is 631 g/mol. The van der Waals surface area contributed by atoms with Gasteiger partial charge in [-0.1, -0.05) is 133 Å². The fraction of sp³-hybridized carbons (Fsp3) is 0. The molecule has 10 aromatic rings. The molecule has 3 heterocycles. The van der Waals surface area contributed by atoms with Gasteiger partial charge in [0.25, 0.3) is 0 Å². The molecule has 0 aliphatic carbocycles. The van der Waals surface area contributed by atoms with Crippen molar-refractivity contribution in [2.75, 3.05) is 0 Å². The van der Waals surface area contributed by atoms with Gasteiger partial charge in [-0.25, -0.2) is 15.0 Å². The van der Waals surface area contributed by atoms with Crippen LogP contribution in [0.1, 0.15) is 0 Å². The number of para-hydroxylation sites is 1. The van der Waals surface area contributed by atoms with E-state index >= 15 is 0 Å². The van der Waals surface area contributed by atoms with Crippen LogP contribution in [-0.4, -0.2) is 15.0 Å². The molecule has 0 fully saturated rings. The lowest BCUT2D eigenvalue weighted by molar-refractivity contribution is 0.669. The zero-order valence-electron chi connectivity index (χ0n) is 26.7. The largest absolute Gasteiger partial charge is 0.456 e. The zero-order chi connectivity index (χ0) is 33.0. The van der Waals surface area contributed by atoms with Crippen LogP contribution in [-0.2, 0) is 0 Å². The Morgan fingerprint density at radius 2 is 0.940 bits per heavy atom. The van der Waals surface area contributed by atoms with Crippen LogP contribution in [0.4, 0.5) is 0 Å². The van der Waals surface area contributed by atoms with Gasteiger partial charge in [0.05, 0.1) is 0 Å². The fourth-order valence-electron chi connectivity index (χ4n) is 7.00. The Bertz CT molecular complexity index is 2870. The number of furan rings is 1. The van der Waals surface area contributed by atoms with Crippen LogP contribution in [0, 0.1) is 0 Å². The summed E-state index contributed by atoms with van der Waals surface area (Å²) in [5, 5.41) is 4.58. The third kappa shape index (κ3) is 4.79. The molecule has 3 aromatic heterocycles. The van der Waals surface area contributed by atoms with E-state index in [0.29, 0.717) is 17.5 Å². The van der Waals surface area contributed by atoms with Crippen LogP contribution in [0.5, 0.6) is 0 Å². The standard InChI is InChI=1S/C45H27N3OS/c1-2-11-28(12-3-1)29-23-25-30(26-24-29)43-46-44(48-45(47-43)36-18-9-20-38-41(36)34-15-4-6-19-37(34)49-38)32-14-8-13-31(27-32)33-17-10-22-40-42(33)35-16-5-7-21-39(35)50-40/h1-27H. The summed E-state index contributed by atoms with van der Waals surface area (Å²) in [5.41, 5.74) is 9.02. The smallest absolute Gasteiger partial charge is 0.164 e. The van der Waals surface area contributed by atoms with Crippen molar-refractivity contribution in [1.29, 1.82) is 0 Å². The number of hydrogen-bond donors (Lipinski definition) is 0. The lowest BCUT2D eigenvalue weighted by atomic mass is 9.98. The zero-order valence-corrected chi connectivity index (χ0v) is 27.6. The third-order valence-electron chi connectivity index (χ3n) is 9.36. The predicted molar refractivity (Wildman–Crippen MR) is 207 cm³/mol. The molecular formula is C45H27N3OS. The summed E-state index contributed by atoms with van der Waals surface area (Å²) in [6.45, 7) is 0. The molecule has 0 saturated heterocycles. The molecule has 7 aromatic carbocycles. The Morgan fingerprint density at radius 1 is 0.360 bits per heavy atom. The Labute approximate surface area is 292 Å². The van der Waals surface area contributed by atoms with Gasteiger partial charge in [-0.2, -0.15) is 0 Å². The van der Waals surface area contributed by atoms with Gasteiger partial charge in [0, 0.05) is 47.6 Å². The van der Waals surface area contributed by atoms with E-state index in [0.717, 1.165) is 49.8 Å².